The molecule has 0 saturated heterocycles. The maximum atomic E-state index is 12.9. The van der Waals surface area contributed by atoms with Crippen LogP contribution in [-0.2, 0) is 17.8 Å². The van der Waals surface area contributed by atoms with E-state index in [0.29, 0.717) is 5.56 Å². The van der Waals surface area contributed by atoms with Crippen LogP contribution in [0.25, 0.3) is 0 Å². The summed E-state index contributed by atoms with van der Waals surface area (Å²) >= 11 is 0. The highest BCUT2D eigenvalue weighted by Crippen LogP contribution is 2.26. The van der Waals surface area contributed by atoms with Crippen LogP contribution in [0.2, 0.25) is 0 Å². The summed E-state index contributed by atoms with van der Waals surface area (Å²) in [5.74, 6) is -1.87. The number of ether oxygens (including phenoxy) is 1. The SMILES string of the molecule is CCCn1c(C)cc(C(=O)COC(=O)c2ccc3c(c2)C(=O)N(Cc2ccccc2)C3=O)c1C. The van der Waals surface area contributed by atoms with E-state index in [2.05, 4.69) is 11.5 Å². The highest BCUT2D eigenvalue weighted by molar-refractivity contribution is 6.21. The summed E-state index contributed by atoms with van der Waals surface area (Å²) < 4.78 is 7.31. The van der Waals surface area contributed by atoms with E-state index in [1.165, 1.54) is 18.2 Å². The molecule has 1 aromatic heterocycles. The van der Waals surface area contributed by atoms with Crippen molar-refractivity contribution < 1.29 is 23.9 Å². The Kier molecular flexibility index (Phi) is 6.45. The number of benzene rings is 2. The third-order valence-corrected chi connectivity index (χ3v) is 6.05. The van der Waals surface area contributed by atoms with Crippen molar-refractivity contribution in [1.29, 1.82) is 0 Å². The van der Waals surface area contributed by atoms with Crippen molar-refractivity contribution in [3.05, 3.63) is 93.8 Å². The van der Waals surface area contributed by atoms with Gasteiger partial charge in [-0.1, -0.05) is 37.3 Å². The molecule has 0 unspecified atom stereocenters. The lowest BCUT2D eigenvalue weighted by molar-refractivity contribution is 0.0474. The summed E-state index contributed by atoms with van der Waals surface area (Å²) in [5.41, 5.74) is 3.71. The highest BCUT2D eigenvalue weighted by Gasteiger charge is 2.36. The Hall–Kier alpha value is -4.00. The standard InChI is InChI=1S/C27H26N2O5/c1-4-12-28-17(2)13-22(18(28)3)24(30)16-34-27(33)20-10-11-21-23(14-20)26(32)29(25(21)31)15-19-8-6-5-7-9-19/h5-11,13-14H,4,12,15-16H2,1-3H3. The molecule has 174 valence electrons. The number of hydrogen-bond donors (Lipinski definition) is 0. The number of aryl methyl sites for hydroxylation is 1. The van der Waals surface area contributed by atoms with Crippen LogP contribution in [0.4, 0.5) is 0 Å². The number of amides is 2. The smallest absolute Gasteiger partial charge is 0.338 e. The molecule has 1 aliphatic heterocycles. The van der Waals surface area contributed by atoms with Gasteiger partial charge in [-0.25, -0.2) is 4.79 Å². The van der Waals surface area contributed by atoms with E-state index in [0.717, 1.165) is 34.8 Å². The number of rotatable bonds is 8. The molecule has 0 N–H and O–H groups in total. The van der Waals surface area contributed by atoms with Crippen molar-refractivity contribution in [1.82, 2.24) is 9.47 Å². The molecule has 7 nitrogen and oxygen atoms in total. The summed E-state index contributed by atoms with van der Waals surface area (Å²) in [6.07, 6.45) is 0.946. The Labute approximate surface area is 197 Å². The van der Waals surface area contributed by atoms with E-state index >= 15 is 0 Å². The summed E-state index contributed by atoms with van der Waals surface area (Å²) in [7, 11) is 0. The Morgan fingerprint density at radius 1 is 0.912 bits per heavy atom. The molecule has 0 bridgehead atoms. The fourth-order valence-electron chi connectivity index (χ4n) is 4.27. The first kappa shape index (κ1) is 23.2. The first-order valence-electron chi connectivity index (χ1n) is 11.2. The molecule has 4 rings (SSSR count). The van der Waals surface area contributed by atoms with E-state index in [1.54, 1.807) is 0 Å². The molecular weight excluding hydrogens is 432 g/mol. The summed E-state index contributed by atoms with van der Waals surface area (Å²) in [6.45, 7) is 6.44. The molecule has 0 spiro atoms. The van der Waals surface area contributed by atoms with E-state index in [9.17, 15) is 19.2 Å². The number of aromatic nitrogens is 1. The number of hydrogen-bond acceptors (Lipinski definition) is 5. The number of carbonyl (C=O) groups excluding carboxylic acids is 4. The van der Waals surface area contributed by atoms with E-state index in [1.807, 2.05) is 50.2 Å². The van der Waals surface area contributed by atoms with Gasteiger partial charge in [0.05, 0.1) is 23.2 Å². The van der Waals surface area contributed by atoms with Crippen LogP contribution in [0.15, 0.2) is 54.6 Å². The van der Waals surface area contributed by atoms with Crippen molar-refractivity contribution in [3.8, 4) is 0 Å². The van der Waals surface area contributed by atoms with Crippen molar-refractivity contribution in [3.63, 3.8) is 0 Å². The van der Waals surface area contributed by atoms with Gasteiger partial charge in [-0.05, 0) is 50.1 Å². The zero-order valence-electron chi connectivity index (χ0n) is 19.5. The zero-order valence-corrected chi connectivity index (χ0v) is 19.5. The predicted octanol–water partition coefficient (Wildman–Crippen LogP) is 4.35. The van der Waals surface area contributed by atoms with Crippen molar-refractivity contribution in [2.24, 2.45) is 0 Å². The van der Waals surface area contributed by atoms with Gasteiger partial charge in [0.1, 0.15) is 0 Å². The number of carbonyl (C=O) groups is 4. The predicted molar refractivity (Wildman–Crippen MR) is 126 cm³/mol. The van der Waals surface area contributed by atoms with Crippen LogP contribution in [0, 0.1) is 13.8 Å². The highest BCUT2D eigenvalue weighted by atomic mass is 16.5. The Morgan fingerprint density at radius 3 is 2.32 bits per heavy atom. The van der Waals surface area contributed by atoms with Gasteiger partial charge < -0.3 is 9.30 Å². The fraction of sp³-hybridized carbons (Fsp3) is 0.259. The van der Waals surface area contributed by atoms with Crippen LogP contribution in [0.3, 0.4) is 0 Å². The quantitative estimate of drug-likeness (QED) is 0.285. The Morgan fingerprint density at radius 2 is 1.62 bits per heavy atom. The van der Waals surface area contributed by atoms with Crippen LogP contribution in [0.1, 0.15) is 71.7 Å². The molecule has 0 fully saturated rings. The van der Waals surface area contributed by atoms with E-state index < -0.39 is 24.4 Å². The second-order valence-corrected chi connectivity index (χ2v) is 8.38. The molecular formula is C27H26N2O5. The second-order valence-electron chi connectivity index (χ2n) is 8.38. The summed E-state index contributed by atoms with van der Waals surface area (Å²) in [4.78, 5) is 52.0. The van der Waals surface area contributed by atoms with Crippen molar-refractivity contribution in [2.45, 2.75) is 40.3 Å². The molecule has 0 aliphatic carbocycles. The number of ketones is 1. The number of fused-ring (bicyclic) bond motifs is 1. The van der Waals surface area contributed by atoms with Gasteiger partial charge in [0.15, 0.2) is 6.61 Å². The lowest BCUT2D eigenvalue weighted by Crippen LogP contribution is -2.29. The first-order valence-corrected chi connectivity index (χ1v) is 11.2. The molecule has 2 amide bonds. The molecule has 2 aromatic carbocycles. The van der Waals surface area contributed by atoms with Gasteiger partial charge in [0.25, 0.3) is 11.8 Å². The molecule has 7 heteroatoms. The third kappa shape index (κ3) is 4.29. The Bertz CT molecular complexity index is 1290. The minimum absolute atomic E-state index is 0.116. The van der Waals surface area contributed by atoms with Gasteiger partial charge in [0.2, 0.25) is 5.78 Å². The lowest BCUT2D eigenvalue weighted by atomic mass is 10.1. The number of imide groups is 1. The lowest BCUT2D eigenvalue weighted by Gasteiger charge is -2.13. The minimum Gasteiger partial charge on any atom is -0.454 e. The van der Waals surface area contributed by atoms with Crippen LogP contribution < -0.4 is 0 Å². The van der Waals surface area contributed by atoms with Gasteiger partial charge >= 0.3 is 5.97 Å². The van der Waals surface area contributed by atoms with Gasteiger partial charge in [-0.2, -0.15) is 0 Å². The minimum atomic E-state index is -0.722. The number of nitrogens with zero attached hydrogens (tertiary/aromatic N) is 2. The molecule has 1 aliphatic rings. The number of esters is 1. The average Bonchev–Trinajstić information content (AvgIpc) is 3.26. The van der Waals surface area contributed by atoms with Crippen LogP contribution in [-0.4, -0.2) is 39.6 Å². The Balaban J connectivity index is 1.45. The first-order chi connectivity index (χ1) is 16.3. The maximum absolute atomic E-state index is 12.9. The van der Waals surface area contributed by atoms with Crippen molar-refractivity contribution in [2.75, 3.05) is 6.61 Å². The zero-order chi connectivity index (χ0) is 24.4. The van der Waals surface area contributed by atoms with Gasteiger partial charge in [0, 0.05) is 23.5 Å². The number of Topliss-reactive ketones (excluding diaryl/α,β-unsaturated/α-hetero) is 1. The average molecular weight is 459 g/mol. The summed E-state index contributed by atoms with van der Waals surface area (Å²) in [6, 6.07) is 15.3. The third-order valence-electron chi connectivity index (χ3n) is 6.05. The second kappa shape index (κ2) is 9.47. The molecule has 34 heavy (non-hydrogen) atoms. The van der Waals surface area contributed by atoms with Crippen molar-refractivity contribution >= 4 is 23.6 Å². The molecule has 3 aromatic rings. The monoisotopic (exact) mass is 458 g/mol. The van der Waals surface area contributed by atoms with E-state index in [4.69, 9.17) is 4.74 Å². The normalized spacial score (nSPS) is 12.7. The molecule has 2 heterocycles. The topological polar surface area (TPSA) is 85.7 Å². The van der Waals surface area contributed by atoms with Crippen LogP contribution >= 0.6 is 0 Å². The van der Waals surface area contributed by atoms with Gasteiger partial charge in [-0.15, -0.1) is 0 Å². The van der Waals surface area contributed by atoms with E-state index in [-0.39, 0.29) is 29.0 Å². The largest absolute Gasteiger partial charge is 0.454 e. The molecule has 0 saturated carbocycles. The molecule has 0 atom stereocenters. The maximum Gasteiger partial charge on any atom is 0.338 e. The molecule has 0 radical (unpaired) electrons. The fourth-order valence-corrected chi connectivity index (χ4v) is 4.27. The van der Waals surface area contributed by atoms with Gasteiger partial charge in [-0.3, -0.25) is 19.3 Å². The van der Waals surface area contributed by atoms with Crippen LogP contribution in [0.5, 0.6) is 0 Å². The summed E-state index contributed by atoms with van der Waals surface area (Å²) in [5, 5.41) is 0.